The predicted molar refractivity (Wildman–Crippen MR) is 118 cm³/mol. The van der Waals surface area contributed by atoms with E-state index in [1.165, 1.54) is 4.31 Å². The Kier molecular flexibility index (Phi) is 5.83. The summed E-state index contributed by atoms with van der Waals surface area (Å²) >= 11 is 5.96. The molecular formula is C21H27ClN4O3S. The molecule has 7 nitrogen and oxygen atoms in total. The molecule has 4 rings (SSSR count). The molecule has 2 fully saturated rings. The minimum Gasteiger partial charge on any atom is -0.369 e. The predicted octanol–water partition coefficient (Wildman–Crippen LogP) is 2.73. The number of halogens is 1. The molecule has 2 aliphatic rings. The molecule has 1 aromatic carbocycles. The Morgan fingerprint density at radius 1 is 0.967 bits per heavy atom. The lowest BCUT2D eigenvalue weighted by atomic mass is 10.2. The van der Waals surface area contributed by atoms with Crippen molar-refractivity contribution < 1.29 is 13.2 Å². The summed E-state index contributed by atoms with van der Waals surface area (Å²) in [5, 5.41) is 0.679. The molecule has 2 aromatic rings. The lowest BCUT2D eigenvalue weighted by molar-refractivity contribution is 0.0783. The van der Waals surface area contributed by atoms with Crippen molar-refractivity contribution in [2.45, 2.75) is 24.7 Å². The highest BCUT2D eigenvalue weighted by molar-refractivity contribution is 7.89. The van der Waals surface area contributed by atoms with Gasteiger partial charge >= 0.3 is 0 Å². The van der Waals surface area contributed by atoms with E-state index >= 15 is 0 Å². The quantitative estimate of drug-likeness (QED) is 0.718. The monoisotopic (exact) mass is 450 g/mol. The van der Waals surface area contributed by atoms with Crippen LogP contribution in [0.25, 0.3) is 0 Å². The Morgan fingerprint density at radius 3 is 2.17 bits per heavy atom. The van der Waals surface area contributed by atoms with Crippen LogP contribution in [0.5, 0.6) is 0 Å². The summed E-state index contributed by atoms with van der Waals surface area (Å²) in [4.78, 5) is 17.0. The number of hydrogen-bond donors (Lipinski definition) is 0. The number of aromatic nitrogens is 1. The second kappa shape index (κ2) is 8.24. The molecule has 162 valence electrons. The SMILES string of the molecule is Cc1c(S(=O)(=O)N2CCN(c3ccc(Cl)cc3)CC2)cc(C(=O)N2CCCC2)n1C. The normalized spacial score (nSPS) is 18.2. The van der Waals surface area contributed by atoms with Gasteiger partial charge in [0.2, 0.25) is 10.0 Å². The van der Waals surface area contributed by atoms with Crippen molar-refractivity contribution in [3.63, 3.8) is 0 Å². The van der Waals surface area contributed by atoms with E-state index in [1.807, 2.05) is 24.3 Å². The zero-order valence-electron chi connectivity index (χ0n) is 17.3. The second-order valence-electron chi connectivity index (χ2n) is 7.91. The van der Waals surface area contributed by atoms with E-state index in [2.05, 4.69) is 4.90 Å². The zero-order chi connectivity index (χ0) is 21.5. The van der Waals surface area contributed by atoms with Crippen molar-refractivity contribution in [2.24, 2.45) is 7.05 Å². The van der Waals surface area contributed by atoms with Gasteiger partial charge in [0.05, 0.1) is 0 Å². The summed E-state index contributed by atoms with van der Waals surface area (Å²) in [6.07, 6.45) is 2.00. The van der Waals surface area contributed by atoms with Crippen molar-refractivity contribution in [3.8, 4) is 0 Å². The maximum Gasteiger partial charge on any atom is 0.270 e. The number of hydrogen-bond acceptors (Lipinski definition) is 4. The minimum absolute atomic E-state index is 0.0906. The van der Waals surface area contributed by atoms with Crippen LogP contribution in [0.3, 0.4) is 0 Å². The molecule has 0 saturated carbocycles. The third kappa shape index (κ3) is 3.84. The van der Waals surface area contributed by atoms with Crippen LogP contribution in [0, 0.1) is 6.92 Å². The molecule has 2 saturated heterocycles. The molecule has 1 aromatic heterocycles. The molecule has 1 amide bonds. The summed E-state index contributed by atoms with van der Waals surface area (Å²) in [6.45, 7) is 5.23. The maximum absolute atomic E-state index is 13.4. The molecule has 0 N–H and O–H groups in total. The maximum atomic E-state index is 13.4. The Bertz CT molecular complexity index is 1030. The molecule has 0 atom stereocenters. The van der Waals surface area contributed by atoms with Crippen molar-refractivity contribution in [1.29, 1.82) is 0 Å². The van der Waals surface area contributed by atoms with Gasteiger partial charge in [0, 0.05) is 62.7 Å². The van der Waals surface area contributed by atoms with Crippen molar-refractivity contribution in [1.82, 2.24) is 13.8 Å². The lowest BCUT2D eigenvalue weighted by Crippen LogP contribution is -2.48. The third-order valence-electron chi connectivity index (χ3n) is 6.15. The lowest BCUT2D eigenvalue weighted by Gasteiger charge is -2.35. The highest BCUT2D eigenvalue weighted by Crippen LogP contribution is 2.27. The van der Waals surface area contributed by atoms with Crippen LogP contribution in [-0.2, 0) is 17.1 Å². The minimum atomic E-state index is -3.67. The van der Waals surface area contributed by atoms with E-state index in [4.69, 9.17) is 11.6 Å². The van der Waals surface area contributed by atoms with E-state index in [1.54, 1.807) is 29.5 Å². The van der Waals surface area contributed by atoms with E-state index < -0.39 is 10.0 Å². The molecule has 0 aliphatic carbocycles. The average Bonchev–Trinajstić information content (AvgIpc) is 3.38. The molecular weight excluding hydrogens is 424 g/mol. The van der Waals surface area contributed by atoms with Crippen LogP contribution in [0.15, 0.2) is 35.2 Å². The Hall–Kier alpha value is -2.03. The average molecular weight is 451 g/mol. The number of anilines is 1. The number of carbonyl (C=O) groups excluding carboxylic acids is 1. The fraction of sp³-hybridized carbons (Fsp3) is 0.476. The molecule has 3 heterocycles. The molecule has 2 aliphatic heterocycles. The van der Waals surface area contributed by atoms with Gasteiger partial charge < -0.3 is 14.4 Å². The molecule has 30 heavy (non-hydrogen) atoms. The van der Waals surface area contributed by atoms with Crippen molar-refractivity contribution in [2.75, 3.05) is 44.2 Å². The largest absolute Gasteiger partial charge is 0.369 e. The standard InChI is InChI=1S/C21H27ClN4O3S/c1-16-20(15-19(23(16)2)21(27)25-9-3-4-10-25)30(28,29)26-13-11-24(12-14-26)18-7-5-17(22)6-8-18/h5-8,15H,3-4,9-14H2,1-2H3. The molecule has 0 spiro atoms. The third-order valence-corrected chi connectivity index (χ3v) is 8.42. The van der Waals surface area contributed by atoms with Gasteiger partial charge in [-0.25, -0.2) is 8.42 Å². The van der Waals surface area contributed by atoms with Crippen LogP contribution in [0.2, 0.25) is 5.02 Å². The summed E-state index contributed by atoms with van der Waals surface area (Å²) in [5.41, 5.74) is 2.07. The Labute approximate surface area is 182 Å². The first-order valence-electron chi connectivity index (χ1n) is 10.3. The number of nitrogens with zero attached hydrogens (tertiary/aromatic N) is 4. The van der Waals surface area contributed by atoms with Crippen LogP contribution in [-0.4, -0.2) is 67.4 Å². The second-order valence-corrected chi connectivity index (χ2v) is 10.2. The van der Waals surface area contributed by atoms with Crippen LogP contribution < -0.4 is 4.90 Å². The number of sulfonamides is 1. The Balaban J connectivity index is 1.52. The summed E-state index contributed by atoms with van der Waals surface area (Å²) in [6, 6.07) is 9.13. The van der Waals surface area contributed by atoms with Crippen molar-refractivity contribution in [3.05, 3.63) is 46.7 Å². The van der Waals surface area contributed by atoms with Crippen LogP contribution >= 0.6 is 11.6 Å². The first-order valence-corrected chi connectivity index (χ1v) is 12.1. The highest BCUT2D eigenvalue weighted by atomic mass is 35.5. The van der Waals surface area contributed by atoms with E-state index in [9.17, 15) is 13.2 Å². The van der Waals surface area contributed by atoms with Gasteiger partial charge in [0.1, 0.15) is 10.6 Å². The van der Waals surface area contributed by atoms with E-state index in [-0.39, 0.29) is 10.8 Å². The number of rotatable bonds is 4. The number of likely N-dealkylation sites (tertiary alicyclic amines) is 1. The zero-order valence-corrected chi connectivity index (χ0v) is 18.9. The molecule has 0 unspecified atom stereocenters. The van der Waals surface area contributed by atoms with Gasteiger partial charge in [0.25, 0.3) is 5.91 Å². The summed E-state index contributed by atoms with van der Waals surface area (Å²) < 4.78 is 29.9. The summed E-state index contributed by atoms with van der Waals surface area (Å²) in [7, 11) is -1.91. The number of amides is 1. The van der Waals surface area contributed by atoms with Gasteiger partial charge in [-0.15, -0.1) is 0 Å². The van der Waals surface area contributed by atoms with Gasteiger partial charge in [0.15, 0.2) is 0 Å². The fourth-order valence-corrected chi connectivity index (χ4v) is 6.02. The smallest absolute Gasteiger partial charge is 0.270 e. The summed E-state index contributed by atoms with van der Waals surface area (Å²) in [5.74, 6) is -0.0906. The first-order chi connectivity index (χ1) is 14.3. The first kappa shape index (κ1) is 21.2. The van der Waals surface area contributed by atoms with Crippen LogP contribution in [0.1, 0.15) is 29.0 Å². The van der Waals surface area contributed by atoms with Crippen LogP contribution in [0.4, 0.5) is 5.69 Å². The molecule has 0 radical (unpaired) electrons. The number of piperazine rings is 1. The van der Waals surface area contributed by atoms with Gasteiger partial charge in [-0.2, -0.15) is 4.31 Å². The highest BCUT2D eigenvalue weighted by Gasteiger charge is 2.33. The molecule has 9 heteroatoms. The van der Waals surface area contributed by atoms with E-state index in [0.717, 1.165) is 31.6 Å². The number of benzene rings is 1. The van der Waals surface area contributed by atoms with E-state index in [0.29, 0.717) is 42.6 Å². The van der Waals surface area contributed by atoms with Gasteiger partial charge in [-0.1, -0.05) is 11.6 Å². The topological polar surface area (TPSA) is 65.9 Å². The van der Waals surface area contributed by atoms with Gasteiger partial charge in [-0.05, 0) is 50.1 Å². The fourth-order valence-electron chi connectivity index (χ4n) is 4.20. The van der Waals surface area contributed by atoms with Crippen molar-refractivity contribution >= 4 is 33.2 Å². The number of carbonyl (C=O) groups is 1. The Morgan fingerprint density at radius 2 is 1.57 bits per heavy atom. The van der Waals surface area contributed by atoms with Gasteiger partial charge in [-0.3, -0.25) is 4.79 Å². The molecule has 0 bridgehead atoms.